The van der Waals surface area contributed by atoms with Crippen molar-refractivity contribution in [3.63, 3.8) is 0 Å². The van der Waals surface area contributed by atoms with E-state index in [1.807, 2.05) is 6.07 Å². The largest absolute Gasteiger partial charge is 0.468 e. The quantitative estimate of drug-likeness (QED) is 0.801. The Kier molecular flexibility index (Phi) is 4.47. The molecule has 15 heavy (non-hydrogen) atoms. The Morgan fingerprint density at radius 3 is 2.73 bits per heavy atom. The fourth-order valence-electron chi connectivity index (χ4n) is 1.05. The third-order valence-corrected chi connectivity index (χ3v) is 3.93. The summed E-state index contributed by atoms with van der Waals surface area (Å²) in [7, 11) is -0.0843. The van der Waals surface area contributed by atoms with Crippen LogP contribution in [0.1, 0.15) is 6.92 Å². The molecule has 5 heteroatoms. The van der Waals surface area contributed by atoms with Gasteiger partial charge in [0.25, 0.3) is 0 Å². The molecule has 0 aliphatic heterocycles. The average Bonchev–Trinajstić information content (AvgIpc) is 2.26. The number of ether oxygens (including phenoxy) is 1. The number of hydrogen-bond donors (Lipinski definition) is 0. The van der Waals surface area contributed by atoms with E-state index in [4.69, 9.17) is 0 Å². The second-order valence-electron chi connectivity index (χ2n) is 2.92. The first-order chi connectivity index (χ1) is 7.06. The highest BCUT2D eigenvalue weighted by atomic mass is 79.9. The van der Waals surface area contributed by atoms with Crippen molar-refractivity contribution in [3.05, 3.63) is 28.7 Å². The lowest BCUT2D eigenvalue weighted by atomic mass is 10.4. The molecule has 1 rings (SSSR count). The minimum Gasteiger partial charge on any atom is -0.468 e. The maximum absolute atomic E-state index is 11.9. The first kappa shape index (κ1) is 12.4. The van der Waals surface area contributed by atoms with Crippen molar-refractivity contribution in [3.8, 4) is 0 Å². The molecular weight excluding hydrogens is 280 g/mol. The van der Waals surface area contributed by atoms with Crippen LogP contribution >= 0.6 is 15.9 Å². The van der Waals surface area contributed by atoms with Gasteiger partial charge in [-0.1, -0.05) is 22.0 Å². The molecule has 0 heterocycles. The van der Waals surface area contributed by atoms with Crippen molar-refractivity contribution in [1.29, 1.82) is 0 Å². The number of esters is 1. The number of rotatable bonds is 3. The lowest BCUT2D eigenvalue weighted by Crippen LogP contribution is -2.23. The van der Waals surface area contributed by atoms with Crippen LogP contribution in [0.3, 0.4) is 0 Å². The number of hydrogen-bond acceptors (Lipinski definition) is 3. The van der Waals surface area contributed by atoms with Gasteiger partial charge in [0.2, 0.25) is 0 Å². The molecular formula is C10H11BrO3S. The summed E-state index contributed by atoms with van der Waals surface area (Å²) >= 11 is 3.28. The van der Waals surface area contributed by atoms with Crippen LogP contribution in [0, 0.1) is 0 Å². The van der Waals surface area contributed by atoms with Crippen LogP contribution < -0.4 is 0 Å². The zero-order chi connectivity index (χ0) is 11.4. The van der Waals surface area contributed by atoms with Gasteiger partial charge >= 0.3 is 5.97 Å². The SMILES string of the molecule is COC(=O)C(C)S(=O)c1cccc(Br)c1. The van der Waals surface area contributed by atoms with Crippen LogP contribution in [0.5, 0.6) is 0 Å². The van der Waals surface area contributed by atoms with Gasteiger partial charge in [0.1, 0.15) is 5.25 Å². The normalized spacial score (nSPS) is 14.3. The van der Waals surface area contributed by atoms with Crippen molar-refractivity contribution in [2.45, 2.75) is 17.1 Å². The highest BCUT2D eigenvalue weighted by Crippen LogP contribution is 2.17. The number of halogens is 1. The van der Waals surface area contributed by atoms with E-state index in [2.05, 4.69) is 20.7 Å². The van der Waals surface area contributed by atoms with Gasteiger partial charge in [-0.2, -0.15) is 0 Å². The summed E-state index contributed by atoms with van der Waals surface area (Å²) < 4.78 is 17.3. The maximum Gasteiger partial charge on any atom is 0.321 e. The second kappa shape index (κ2) is 5.42. The molecule has 0 fully saturated rings. The Hall–Kier alpha value is -0.680. The summed E-state index contributed by atoms with van der Waals surface area (Å²) in [5.74, 6) is -0.465. The second-order valence-corrected chi connectivity index (χ2v) is 5.61. The summed E-state index contributed by atoms with van der Waals surface area (Å²) in [5, 5.41) is -0.649. The fourth-order valence-corrected chi connectivity index (χ4v) is 2.74. The summed E-state index contributed by atoms with van der Waals surface area (Å²) in [6.45, 7) is 1.59. The molecule has 0 N–H and O–H groups in total. The van der Waals surface area contributed by atoms with E-state index in [0.717, 1.165) is 4.47 Å². The first-order valence-corrected chi connectivity index (χ1v) is 6.31. The Bertz CT molecular complexity index is 392. The van der Waals surface area contributed by atoms with Gasteiger partial charge in [-0.15, -0.1) is 0 Å². The zero-order valence-corrected chi connectivity index (χ0v) is 10.8. The lowest BCUT2D eigenvalue weighted by Gasteiger charge is -2.09. The van der Waals surface area contributed by atoms with Crippen molar-refractivity contribution in [2.24, 2.45) is 0 Å². The topological polar surface area (TPSA) is 43.4 Å². The maximum atomic E-state index is 11.9. The number of carbonyl (C=O) groups excluding carboxylic acids is 1. The van der Waals surface area contributed by atoms with Gasteiger partial charge in [-0.25, -0.2) is 0 Å². The molecule has 3 nitrogen and oxygen atoms in total. The lowest BCUT2D eigenvalue weighted by molar-refractivity contribution is -0.139. The molecule has 0 amide bonds. The highest BCUT2D eigenvalue weighted by molar-refractivity contribution is 9.10. The van der Waals surface area contributed by atoms with Crippen LogP contribution in [-0.2, 0) is 20.3 Å². The summed E-state index contributed by atoms with van der Waals surface area (Å²) in [5.41, 5.74) is 0. The minimum absolute atomic E-state index is 0.465. The molecule has 1 aromatic rings. The molecule has 0 aliphatic rings. The molecule has 0 saturated heterocycles. The first-order valence-electron chi connectivity index (χ1n) is 4.30. The average molecular weight is 291 g/mol. The molecule has 0 radical (unpaired) electrons. The smallest absolute Gasteiger partial charge is 0.321 e. The van der Waals surface area contributed by atoms with E-state index in [1.165, 1.54) is 7.11 Å². The van der Waals surface area contributed by atoms with Crippen molar-refractivity contribution < 1.29 is 13.7 Å². The van der Waals surface area contributed by atoms with Crippen molar-refractivity contribution in [2.75, 3.05) is 7.11 Å². The van der Waals surface area contributed by atoms with Gasteiger partial charge in [-0.05, 0) is 25.1 Å². The minimum atomic E-state index is -1.37. The molecule has 0 spiro atoms. The monoisotopic (exact) mass is 290 g/mol. The van der Waals surface area contributed by atoms with Gasteiger partial charge in [0.05, 0.1) is 17.9 Å². The predicted octanol–water partition coefficient (Wildman–Crippen LogP) is 2.12. The molecule has 0 aromatic heterocycles. The Morgan fingerprint density at radius 2 is 2.20 bits per heavy atom. The fraction of sp³-hybridized carbons (Fsp3) is 0.300. The van der Waals surface area contributed by atoms with Crippen LogP contribution in [0.15, 0.2) is 33.6 Å². The van der Waals surface area contributed by atoms with Crippen LogP contribution in [-0.4, -0.2) is 22.5 Å². The molecule has 2 atom stereocenters. The summed E-state index contributed by atoms with van der Waals surface area (Å²) in [4.78, 5) is 11.8. The van der Waals surface area contributed by atoms with E-state index < -0.39 is 22.0 Å². The molecule has 0 aliphatic carbocycles. The van der Waals surface area contributed by atoms with Gasteiger partial charge in [0, 0.05) is 9.37 Å². The van der Waals surface area contributed by atoms with Crippen LogP contribution in [0.25, 0.3) is 0 Å². The molecule has 82 valence electrons. The van der Waals surface area contributed by atoms with Crippen molar-refractivity contribution in [1.82, 2.24) is 0 Å². The van der Waals surface area contributed by atoms with E-state index in [-0.39, 0.29) is 0 Å². The number of benzene rings is 1. The zero-order valence-electron chi connectivity index (χ0n) is 8.40. The van der Waals surface area contributed by atoms with E-state index >= 15 is 0 Å². The summed E-state index contributed by atoms with van der Waals surface area (Å²) in [6, 6.07) is 7.07. The third kappa shape index (κ3) is 3.14. The third-order valence-electron chi connectivity index (χ3n) is 1.88. The predicted molar refractivity (Wildman–Crippen MR) is 62.0 cm³/mol. The van der Waals surface area contributed by atoms with Crippen LogP contribution in [0.4, 0.5) is 0 Å². The standard InChI is InChI=1S/C10H11BrO3S/c1-7(10(12)14-2)15(13)9-5-3-4-8(11)6-9/h3-7H,1-2H3. The van der Waals surface area contributed by atoms with Crippen molar-refractivity contribution >= 4 is 32.7 Å². The van der Waals surface area contributed by atoms with Crippen LogP contribution in [0.2, 0.25) is 0 Å². The van der Waals surface area contributed by atoms with Gasteiger partial charge < -0.3 is 4.74 Å². The van der Waals surface area contributed by atoms with Gasteiger partial charge in [0.15, 0.2) is 0 Å². The molecule has 0 bridgehead atoms. The highest BCUT2D eigenvalue weighted by Gasteiger charge is 2.21. The Balaban J connectivity index is 2.90. The Morgan fingerprint density at radius 1 is 1.53 bits per heavy atom. The molecule has 2 unspecified atom stereocenters. The Labute approximate surface area is 99.4 Å². The van der Waals surface area contributed by atoms with E-state index in [9.17, 15) is 9.00 Å². The molecule has 1 aromatic carbocycles. The van der Waals surface area contributed by atoms with E-state index in [1.54, 1.807) is 25.1 Å². The number of carbonyl (C=O) groups is 1. The van der Waals surface area contributed by atoms with E-state index in [0.29, 0.717) is 4.90 Å². The summed E-state index contributed by atoms with van der Waals surface area (Å²) in [6.07, 6.45) is 0. The number of methoxy groups -OCH3 is 1. The van der Waals surface area contributed by atoms with Gasteiger partial charge in [-0.3, -0.25) is 9.00 Å². The molecule has 0 saturated carbocycles.